The number of benzene rings is 2. The Morgan fingerprint density at radius 3 is 2.05 bits per heavy atom. The Morgan fingerprint density at radius 1 is 0.714 bits per heavy atom. The van der Waals surface area contributed by atoms with Crippen molar-refractivity contribution < 1.29 is 14.2 Å². The molecule has 0 atom stereocenters. The molecule has 3 heteroatoms. The molecule has 0 saturated carbocycles. The molecule has 21 heavy (non-hydrogen) atoms. The molecule has 0 N–H and O–H groups in total. The number of aryl methyl sites for hydroxylation is 2. The lowest BCUT2D eigenvalue weighted by molar-refractivity contribution is 0.322. The van der Waals surface area contributed by atoms with Gasteiger partial charge in [0.05, 0.1) is 21.3 Å². The van der Waals surface area contributed by atoms with Crippen molar-refractivity contribution in [2.45, 2.75) is 19.3 Å². The molecule has 2 aromatic carbocycles. The van der Waals surface area contributed by atoms with Crippen molar-refractivity contribution in [3.05, 3.63) is 53.6 Å². The second kappa shape index (κ2) is 7.58. The molecule has 0 radical (unpaired) electrons. The van der Waals surface area contributed by atoms with Crippen LogP contribution in [0.1, 0.15) is 17.5 Å². The standard InChI is InChI=1S/C18H22O3/c1-19-16-13-12-15(17(20-2)18(16)21-3)11-7-10-14-8-5-4-6-9-14/h4-6,8-9,12-13H,7,10-11H2,1-3H3. The predicted octanol–water partition coefficient (Wildman–Crippen LogP) is 3.89. The summed E-state index contributed by atoms with van der Waals surface area (Å²) >= 11 is 0. The van der Waals surface area contributed by atoms with Crippen molar-refractivity contribution in [1.29, 1.82) is 0 Å². The monoisotopic (exact) mass is 286 g/mol. The molecule has 0 fully saturated rings. The molecular formula is C18H22O3. The number of rotatable bonds is 7. The van der Waals surface area contributed by atoms with Crippen LogP contribution in [0.2, 0.25) is 0 Å². The molecule has 0 saturated heterocycles. The van der Waals surface area contributed by atoms with Crippen LogP contribution in [-0.2, 0) is 12.8 Å². The Labute approximate surface area is 126 Å². The van der Waals surface area contributed by atoms with Crippen LogP contribution < -0.4 is 14.2 Å². The summed E-state index contributed by atoms with van der Waals surface area (Å²) in [5.74, 6) is 2.13. The molecule has 0 aliphatic carbocycles. The Morgan fingerprint density at radius 2 is 1.43 bits per heavy atom. The molecular weight excluding hydrogens is 264 g/mol. The second-order valence-electron chi connectivity index (χ2n) is 4.83. The summed E-state index contributed by atoms with van der Waals surface area (Å²) in [7, 11) is 4.93. The van der Waals surface area contributed by atoms with E-state index < -0.39 is 0 Å². The van der Waals surface area contributed by atoms with Gasteiger partial charge in [-0.05, 0) is 36.5 Å². The first-order chi connectivity index (χ1) is 10.3. The lowest BCUT2D eigenvalue weighted by Gasteiger charge is -2.15. The van der Waals surface area contributed by atoms with Crippen molar-refractivity contribution in [3.63, 3.8) is 0 Å². The Bertz CT molecular complexity index is 564. The maximum Gasteiger partial charge on any atom is 0.203 e. The van der Waals surface area contributed by atoms with Crippen LogP contribution in [-0.4, -0.2) is 21.3 Å². The van der Waals surface area contributed by atoms with E-state index in [1.54, 1.807) is 21.3 Å². The van der Waals surface area contributed by atoms with Crippen molar-refractivity contribution in [2.24, 2.45) is 0 Å². The van der Waals surface area contributed by atoms with Gasteiger partial charge >= 0.3 is 0 Å². The van der Waals surface area contributed by atoms with Gasteiger partial charge in [0.25, 0.3) is 0 Å². The minimum absolute atomic E-state index is 0.664. The fraction of sp³-hybridized carbons (Fsp3) is 0.333. The summed E-state index contributed by atoms with van der Waals surface area (Å²) in [6.07, 6.45) is 3.06. The number of hydrogen-bond acceptors (Lipinski definition) is 3. The molecule has 0 aromatic heterocycles. The Kier molecular flexibility index (Phi) is 5.50. The minimum atomic E-state index is 0.664. The van der Waals surface area contributed by atoms with Crippen molar-refractivity contribution in [2.75, 3.05) is 21.3 Å². The SMILES string of the molecule is COc1ccc(CCCc2ccccc2)c(OC)c1OC. The van der Waals surface area contributed by atoms with Crippen molar-refractivity contribution in [3.8, 4) is 17.2 Å². The summed E-state index contributed by atoms with van der Waals surface area (Å²) in [4.78, 5) is 0. The van der Waals surface area contributed by atoms with Crippen LogP contribution in [0, 0.1) is 0 Å². The van der Waals surface area contributed by atoms with Crippen LogP contribution >= 0.6 is 0 Å². The van der Waals surface area contributed by atoms with Crippen LogP contribution in [0.5, 0.6) is 17.2 Å². The normalized spacial score (nSPS) is 10.2. The molecule has 3 nitrogen and oxygen atoms in total. The summed E-state index contributed by atoms with van der Waals surface area (Å²) in [5.41, 5.74) is 2.50. The van der Waals surface area contributed by atoms with Gasteiger partial charge in [-0.1, -0.05) is 36.4 Å². The van der Waals surface area contributed by atoms with Gasteiger partial charge in [0, 0.05) is 0 Å². The largest absolute Gasteiger partial charge is 0.493 e. The highest BCUT2D eigenvalue weighted by molar-refractivity contribution is 5.55. The van der Waals surface area contributed by atoms with E-state index in [-0.39, 0.29) is 0 Å². The third-order valence-corrected chi connectivity index (χ3v) is 3.54. The maximum absolute atomic E-state index is 5.51. The van der Waals surface area contributed by atoms with Crippen LogP contribution in [0.25, 0.3) is 0 Å². The van der Waals surface area contributed by atoms with Gasteiger partial charge in [0.2, 0.25) is 5.75 Å². The molecule has 0 unspecified atom stereocenters. The van der Waals surface area contributed by atoms with E-state index in [0.717, 1.165) is 30.6 Å². The summed E-state index contributed by atoms with van der Waals surface area (Å²) in [5, 5.41) is 0. The molecule has 0 amide bonds. The van der Waals surface area contributed by atoms with Crippen molar-refractivity contribution >= 4 is 0 Å². The molecule has 0 spiro atoms. The third kappa shape index (κ3) is 3.69. The molecule has 112 valence electrons. The van der Waals surface area contributed by atoms with E-state index >= 15 is 0 Å². The van der Waals surface area contributed by atoms with Gasteiger partial charge in [-0.25, -0.2) is 0 Å². The molecule has 2 rings (SSSR count). The second-order valence-corrected chi connectivity index (χ2v) is 4.83. The lowest BCUT2D eigenvalue weighted by atomic mass is 10.0. The highest BCUT2D eigenvalue weighted by Gasteiger charge is 2.15. The summed E-state index contributed by atoms with van der Waals surface area (Å²) in [6, 6.07) is 14.5. The first-order valence-corrected chi connectivity index (χ1v) is 7.12. The van der Waals surface area contributed by atoms with Crippen LogP contribution in [0.15, 0.2) is 42.5 Å². The fourth-order valence-electron chi connectivity index (χ4n) is 2.49. The smallest absolute Gasteiger partial charge is 0.203 e. The Balaban J connectivity index is 2.09. The number of methoxy groups -OCH3 is 3. The van der Waals surface area contributed by atoms with E-state index in [9.17, 15) is 0 Å². The van der Waals surface area contributed by atoms with E-state index in [2.05, 4.69) is 24.3 Å². The van der Waals surface area contributed by atoms with Gasteiger partial charge in [0.1, 0.15) is 0 Å². The highest BCUT2D eigenvalue weighted by atomic mass is 16.5. The zero-order valence-corrected chi connectivity index (χ0v) is 12.9. The van der Waals surface area contributed by atoms with E-state index in [4.69, 9.17) is 14.2 Å². The van der Waals surface area contributed by atoms with E-state index in [1.807, 2.05) is 18.2 Å². The summed E-state index contributed by atoms with van der Waals surface area (Å²) in [6.45, 7) is 0. The molecule has 0 aliphatic rings. The predicted molar refractivity (Wildman–Crippen MR) is 84.6 cm³/mol. The van der Waals surface area contributed by atoms with Crippen LogP contribution in [0.4, 0.5) is 0 Å². The van der Waals surface area contributed by atoms with Gasteiger partial charge in [-0.3, -0.25) is 0 Å². The molecule has 2 aromatic rings. The van der Waals surface area contributed by atoms with Gasteiger partial charge < -0.3 is 14.2 Å². The number of hydrogen-bond donors (Lipinski definition) is 0. The Hall–Kier alpha value is -2.16. The zero-order chi connectivity index (χ0) is 15.1. The zero-order valence-electron chi connectivity index (χ0n) is 12.9. The van der Waals surface area contributed by atoms with Crippen molar-refractivity contribution in [1.82, 2.24) is 0 Å². The minimum Gasteiger partial charge on any atom is -0.493 e. The first kappa shape index (κ1) is 15.2. The molecule has 0 aliphatic heterocycles. The summed E-state index contributed by atoms with van der Waals surface area (Å²) < 4.78 is 16.2. The highest BCUT2D eigenvalue weighted by Crippen LogP contribution is 2.40. The van der Waals surface area contributed by atoms with Gasteiger partial charge in [-0.15, -0.1) is 0 Å². The maximum atomic E-state index is 5.51. The third-order valence-electron chi connectivity index (χ3n) is 3.54. The van der Waals surface area contributed by atoms with Gasteiger partial charge in [-0.2, -0.15) is 0 Å². The van der Waals surface area contributed by atoms with Crippen LogP contribution in [0.3, 0.4) is 0 Å². The average molecular weight is 286 g/mol. The van der Waals surface area contributed by atoms with E-state index in [1.165, 1.54) is 5.56 Å². The molecule has 0 heterocycles. The number of ether oxygens (including phenoxy) is 3. The topological polar surface area (TPSA) is 27.7 Å². The lowest BCUT2D eigenvalue weighted by Crippen LogP contribution is -1.99. The molecule has 0 bridgehead atoms. The quantitative estimate of drug-likeness (QED) is 0.773. The average Bonchev–Trinajstić information content (AvgIpc) is 2.55. The van der Waals surface area contributed by atoms with Gasteiger partial charge in [0.15, 0.2) is 11.5 Å². The van der Waals surface area contributed by atoms with E-state index in [0.29, 0.717) is 11.5 Å². The first-order valence-electron chi connectivity index (χ1n) is 7.12. The fourth-order valence-corrected chi connectivity index (χ4v) is 2.49.